The van der Waals surface area contributed by atoms with Gasteiger partial charge in [-0.05, 0) is 6.92 Å². The van der Waals surface area contributed by atoms with Crippen LogP contribution in [-0.4, -0.2) is 51.9 Å². The summed E-state index contributed by atoms with van der Waals surface area (Å²) in [5.74, 6) is 0.974. The van der Waals surface area contributed by atoms with Gasteiger partial charge >= 0.3 is 0 Å². The lowest BCUT2D eigenvalue weighted by Gasteiger charge is -2.35. The van der Waals surface area contributed by atoms with Gasteiger partial charge in [-0.15, -0.1) is 11.6 Å². The summed E-state index contributed by atoms with van der Waals surface area (Å²) in [7, 11) is 1.97. The molecule has 2 rings (SSSR count). The van der Waals surface area contributed by atoms with Gasteiger partial charge in [0.15, 0.2) is 0 Å². The van der Waals surface area contributed by atoms with Gasteiger partial charge in [-0.25, -0.2) is 4.98 Å². The fourth-order valence-electron chi connectivity index (χ4n) is 2.04. The fraction of sp³-hybridized carbons (Fsp3) is 0.636. The lowest BCUT2D eigenvalue weighted by atomic mass is 10.3. The topological polar surface area (TPSA) is 41.4 Å². The third-order valence-electron chi connectivity index (χ3n) is 3.01. The van der Waals surface area contributed by atoms with Gasteiger partial charge in [0.25, 0.3) is 0 Å². The number of rotatable bonds is 2. The molecule has 1 unspecified atom stereocenters. The highest BCUT2D eigenvalue weighted by molar-refractivity contribution is 6.30. The van der Waals surface area contributed by atoms with Gasteiger partial charge in [0.2, 0.25) is 11.9 Å². The van der Waals surface area contributed by atoms with Gasteiger partial charge in [0, 0.05) is 45.6 Å². The maximum Gasteiger partial charge on any atom is 0.240 e. The van der Waals surface area contributed by atoms with Crippen molar-refractivity contribution in [1.82, 2.24) is 14.5 Å². The van der Waals surface area contributed by atoms with Crippen LogP contribution in [0.2, 0.25) is 0 Å². The summed E-state index contributed by atoms with van der Waals surface area (Å²) in [6.45, 7) is 4.75. The molecular formula is C11H17ClN4O. The second-order valence-electron chi connectivity index (χ2n) is 4.27. The molecule has 6 heteroatoms. The Balaban J connectivity index is 1.95. The molecule has 1 saturated heterocycles. The number of aryl methyl sites for hydroxylation is 1. The van der Waals surface area contributed by atoms with E-state index >= 15 is 0 Å². The molecule has 1 aliphatic rings. The molecule has 1 atom stereocenters. The van der Waals surface area contributed by atoms with Crippen molar-refractivity contribution >= 4 is 23.5 Å². The zero-order chi connectivity index (χ0) is 12.4. The van der Waals surface area contributed by atoms with E-state index < -0.39 is 5.38 Å². The minimum absolute atomic E-state index is 0.0196. The van der Waals surface area contributed by atoms with Crippen molar-refractivity contribution in [3.8, 4) is 0 Å². The summed E-state index contributed by atoms with van der Waals surface area (Å²) in [5, 5.41) is -0.435. The Morgan fingerprint density at radius 1 is 1.41 bits per heavy atom. The predicted molar refractivity (Wildman–Crippen MR) is 67.3 cm³/mol. The number of hydrogen-bond donors (Lipinski definition) is 0. The van der Waals surface area contributed by atoms with E-state index in [4.69, 9.17) is 11.6 Å². The Morgan fingerprint density at radius 3 is 2.53 bits per heavy atom. The predicted octanol–water partition coefficient (Wildman–Crippen LogP) is 0.696. The number of alkyl halides is 1. The lowest BCUT2D eigenvalue weighted by Crippen LogP contribution is -2.51. The fourth-order valence-corrected chi connectivity index (χ4v) is 2.18. The van der Waals surface area contributed by atoms with Crippen molar-refractivity contribution in [3.63, 3.8) is 0 Å². The van der Waals surface area contributed by atoms with E-state index in [0.29, 0.717) is 13.1 Å². The van der Waals surface area contributed by atoms with Crippen molar-refractivity contribution in [2.24, 2.45) is 7.05 Å². The Kier molecular flexibility index (Phi) is 3.57. The number of nitrogens with zero attached hydrogens (tertiary/aromatic N) is 4. The molecule has 17 heavy (non-hydrogen) atoms. The van der Waals surface area contributed by atoms with Crippen molar-refractivity contribution in [3.05, 3.63) is 12.4 Å². The number of amides is 1. The van der Waals surface area contributed by atoms with Gasteiger partial charge in [0.1, 0.15) is 5.38 Å². The minimum atomic E-state index is -0.435. The van der Waals surface area contributed by atoms with Gasteiger partial charge < -0.3 is 14.4 Å². The lowest BCUT2D eigenvalue weighted by molar-refractivity contribution is -0.130. The number of carbonyl (C=O) groups excluding carboxylic acids is 1. The van der Waals surface area contributed by atoms with Crippen LogP contribution in [0.4, 0.5) is 5.95 Å². The smallest absolute Gasteiger partial charge is 0.240 e. The summed E-state index contributed by atoms with van der Waals surface area (Å²) in [4.78, 5) is 20.0. The summed E-state index contributed by atoms with van der Waals surface area (Å²) in [6, 6.07) is 0. The van der Waals surface area contributed by atoms with Crippen LogP contribution in [0.15, 0.2) is 12.4 Å². The Bertz CT molecular complexity index is 396. The van der Waals surface area contributed by atoms with Crippen molar-refractivity contribution in [1.29, 1.82) is 0 Å². The molecule has 94 valence electrons. The van der Waals surface area contributed by atoms with E-state index in [0.717, 1.165) is 19.0 Å². The summed E-state index contributed by atoms with van der Waals surface area (Å²) in [5.41, 5.74) is 0. The van der Waals surface area contributed by atoms with Crippen LogP contribution in [0.1, 0.15) is 6.92 Å². The summed E-state index contributed by atoms with van der Waals surface area (Å²) in [6.07, 6.45) is 3.71. The molecule has 2 heterocycles. The van der Waals surface area contributed by atoms with Crippen LogP contribution in [0.25, 0.3) is 0 Å². The van der Waals surface area contributed by atoms with Gasteiger partial charge in [-0.3, -0.25) is 4.79 Å². The molecule has 0 aliphatic carbocycles. The number of halogens is 1. The summed E-state index contributed by atoms with van der Waals surface area (Å²) >= 11 is 5.80. The number of aromatic nitrogens is 2. The molecule has 5 nitrogen and oxygen atoms in total. The van der Waals surface area contributed by atoms with Crippen molar-refractivity contribution in [2.75, 3.05) is 31.1 Å². The quantitative estimate of drug-likeness (QED) is 0.732. The highest BCUT2D eigenvalue weighted by Crippen LogP contribution is 2.14. The second kappa shape index (κ2) is 4.96. The molecule has 0 saturated carbocycles. The first-order chi connectivity index (χ1) is 8.09. The molecule has 1 fully saturated rings. The van der Waals surface area contributed by atoms with E-state index in [2.05, 4.69) is 9.88 Å². The highest BCUT2D eigenvalue weighted by atomic mass is 35.5. The molecule has 1 amide bonds. The summed E-state index contributed by atoms with van der Waals surface area (Å²) < 4.78 is 1.99. The zero-order valence-electron chi connectivity index (χ0n) is 10.1. The maximum atomic E-state index is 11.7. The molecular weight excluding hydrogens is 240 g/mol. The van der Waals surface area contributed by atoms with Crippen LogP contribution in [0.5, 0.6) is 0 Å². The zero-order valence-corrected chi connectivity index (χ0v) is 10.9. The Hall–Kier alpha value is -1.23. The van der Waals surface area contributed by atoms with E-state index in [9.17, 15) is 4.79 Å². The van der Waals surface area contributed by atoms with Crippen LogP contribution in [-0.2, 0) is 11.8 Å². The number of carbonyl (C=O) groups is 1. The third-order valence-corrected chi connectivity index (χ3v) is 3.20. The molecule has 0 spiro atoms. The SMILES string of the molecule is CC(Cl)C(=O)N1CCN(c2nccn2C)CC1. The molecule has 1 aromatic rings. The molecule has 0 bridgehead atoms. The average Bonchev–Trinajstić information content (AvgIpc) is 2.74. The first kappa shape index (κ1) is 12.2. The van der Waals surface area contributed by atoms with Crippen LogP contribution < -0.4 is 4.90 Å². The van der Waals surface area contributed by atoms with Gasteiger partial charge in [-0.1, -0.05) is 0 Å². The van der Waals surface area contributed by atoms with E-state index in [1.54, 1.807) is 13.1 Å². The molecule has 1 aromatic heterocycles. The molecule has 0 radical (unpaired) electrons. The van der Waals surface area contributed by atoms with Crippen molar-refractivity contribution in [2.45, 2.75) is 12.3 Å². The molecule has 1 aliphatic heterocycles. The average molecular weight is 257 g/mol. The third kappa shape index (κ3) is 2.54. The maximum absolute atomic E-state index is 11.7. The van der Waals surface area contributed by atoms with Crippen LogP contribution >= 0.6 is 11.6 Å². The number of hydrogen-bond acceptors (Lipinski definition) is 3. The van der Waals surface area contributed by atoms with E-state index in [1.807, 2.05) is 22.7 Å². The number of imidazole rings is 1. The minimum Gasteiger partial charge on any atom is -0.339 e. The Morgan fingerprint density at radius 2 is 2.06 bits per heavy atom. The standard InChI is InChI=1S/C11H17ClN4O/c1-9(12)10(17)15-5-7-16(8-6-15)11-13-3-4-14(11)2/h3-4,9H,5-8H2,1-2H3. The largest absolute Gasteiger partial charge is 0.339 e. The molecule has 0 N–H and O–H groups in total. The van der Waals surface area contributed by atoms with Crippen LogP contribution in [0.3, 0.4) is 0 Å². The normalized spacial score (nSPS) is 18.3. The molecule has 0 aromatic carbocycles. The first-order valence-electron chi connectivity index (χ1n) is 5.74. The second-order valence-corrected chi connectivity index (χ2v) is 4.92. The first-order valence-corrected chi connectivity index (χ1v) is 6.18. The van der Waals surface area contributed by atoms with E-state index in [-0.39, 0.29) is 5.91 Å². The van der Waals surface area contributed by atoms with E-state index in [1.165, 1.54) is 0 Å². The van der Waals surface area contributed by atoms with Crippen LogP contribution in [0, 0.1) is 0 Å². The van der Waals surface area contributed by atoms with Gasteiger partial charge in [-0.2, -0.15) is 0 Å². The monoisotopic (exact) mass is 256 g/mol. The Labute approximate surface area is 106 Å². The highest BCUT2D eigenvalue weighted by Gasteiger charge is 2.24. The number of anilines is 1. The van der Waals surface area contributed by atoms with Crippen molar-refractivity contribution < 1.29 is 4.79 Å². The van der Waals surface area contributed by atoms with Gasteiger partial charge in [0.05, 0.1) is 0 Å². The number of piperazine rings is 1.